The van der Waals surface area contributed by atoms with E-state index in [4.69, 9.17) is 15.6 Å². The van der Waals surface area contributed by atoms with Gasteiger partial charge < -0.3 is 20.9 Å². The Morgan fingerprint density at radius 3 is 2.55 bits per heavy atom. The van der Waals surface area contributed by atoms with Crippen molar-refractivity contribution in [3.05, 3.63) is 23.9 Å². The van der Waals surface area contributed by atoms with Gasteiger partial charge in [-0.2, -0.15) is 0 Å². The smallest absolute Gasteiger partial charge is 0.408 e. The predicted molar refractivity (Wildman–Crippen MR) is 73.1 cm³/mol. The number of hydrogen-bond acceptors (Lipinski definition) is 5. The molecule has 0 aliphatic rings. The third-order valence-electron chi connectivity index (χ3n) is 2.28. The molecule has 1 heterocycles. The second kappa shape index (κ2) is 6.23. The molecule has 0 bridgehead atoms. The number of carbonyl (C=O) groups is 2. The van der Waals surface area contributed by atoms with Crippen molar-refractivity contribution in [2.45, 2.75) is 38.8 Å². The van der Waals surface area contributed by atoms with Gasteiger partial charge in [0.2, 0.25) is 0 Å². The number of amides is 1. The molecule has 1 aromatic rings. The molecule has 0 fully saturated rings. The number of aliphatic carboxylic acids is 1. The first kappa shape index (κ1) is 15.7. The Balaban J connectivity index is 2.68. The summed E-state index contributed by atoms with van der Waals surface area (Å²) in [6, 6.07) is 2.15. The Bertz CT molecular complexity index is 479. The number of anilines is 1. The lowest BCUT2D eigenvalue weighted by Crippen LogP contribution is -2.44. The highest BCUT2D eigenvalue weighted by Crippen LogP contribution is 2.09. The average molecular weight is 281 g/mol. The number of nitrogens with one attached hydrogen (secondary N) is 1. The Labute approximate surface area is 117 Å². The molecule has 20 heavy (non-hydrogen) atoms. The summed E-state index contributed by atoms with van der Waals surface area (Å²) < 4.78 is 5.03. The number of pyridine rings is 1. The van der Waals surface area contributed by atoms with Gasteiger partial charge in [-0.25, -0.2) is 14.6 Å². The van der Waals surface area contributed by atoms with E-state index in [0.29, 0.717) is 11.4 Å². The van der Waals surface area contributed by atoms with E-state index in [-0.39, 0.29) is 6.42 Å². The van der Waals surface area contributed by atoms with Crippen molar-refractivity contribution in [1.82, 2.24) is 10.3 Å². The summed E-state index contributed by atoms with van der Waals surface area (Å²) >= 11 is 0. The van der Waals surface area contributed by atoms with Gasteiger partial charge in [0.1, 0.15) is 17.5 Å². The second-order valence-electron chi connectivity index (χ2n) is 5.33. The summed E-state index contributed by atoms with van der Waals surface area (Å²) in [7, 11) is 0. The van der Waals surface area contributed by atoms with Crippen LogP contribution in [0.3, 0.4) is 0 Å². The van der Waals surface area contributed by atoms with Gasteiger partial charge in [0.05, 0.1) is 0 Å². The molecule has 0 saturated carbocycles. The molecule has 4 N–H and O–H groups in total. The van der Waals surface area contributed by atoms with Crippen LogP contribution in [0.25, 0.3) is 0 Å². The van der Waals surface area contributed by atoms with E-state index in [1.54, 1.807) is 32.9 Å². The van der Waals surface area contributed by atoms with E-state index in [1.807, 2.05) is 0 Å². The minimum Gasteiger partial charge on any atom is -0.480 e. The number of nitrogen functional groups attached to an aromatic ring is 1. The fourth-order valence-corrected chi connectivity index (χ4v) is 1.44. The quantitative estimate of drug-likeness (QED) is 0.763. The van der Waals surface area contributed by atoms with Crippen LogP contribution in [-0.2, 0) is 16.0 Å². The standard InChI is InChI=1S/C13H19N3O4/c1-13(2,3)20-12(19)16-9(11(17)18)6-8-4-5-10(14)15-7-8/h4-5,7,9H,6H2,1-3H3,(H2,14,15)(H,16,19)(H,17,18). The first-order valence-corrected chi connectivity index (χ1v) is 6.10. The molecule has 1 atom stereocenters. The molecule has 1 aromatic heterocycles. The molecule has 0 aliphatic heterocycles. The monoisotopic (exact) mass is 281 g/mol. The summed E-state index contributed by atoms with van der Waals surface area (Å²) in [5, 5.41) is 11.4. The van der Waals surface area contributed by atoms with Gasteiger partial charge in [0, 0.05) is 12.6 Å². The number of carboxylic acid groups (broad SMARTS) is 1. The van der Waals surface area contributed by atoms with E-state index < -0.39 is 23.7 Å². The van der Waals surface area contributed by atoms with E-state index in [9.17, 15) is 9.59 Å². The number of nitrogens with zero attached hydrogens (tertiary/aromatic N) is 1. The Kier molecular flexibility index (Phi) is 4.90. The van der Waals surface area contributed by atoms with Crippen molar-refractivity contribution in [3.63, 3.8) is 0 Å². The molecule has 7 nitrogen and oxygen atoms in total. The number of aromatic nitrogens is 1. The van der Waals surface area contributed by atoms with Crippen molar-refractivity contribution in [2.75, 3.05) is 5.73 Å². The summed E-state index contributed by atoms with van der Waals surface area (Å²) in [5.41, 5.74) is 5.42. The van der Waals surface area contributed by atoms with Gasteiger partial charge >= 0.3 is 12.1 Å². The lowest BCUT2D eigenvalue weighted by Gasteiger charge is -2.22. The number of hydrogen-bond donors (Lipinski definition) is 3. The van der Waals surface area contributed by atoms with Crippen LogP contribution in [-0.4, -0.2) is 33.8 Å². The largest absolute Gasteiger partial charge is 0.480 e. The maximum atomic E-state index is 11.6. The summed E-state index contributed by atoms with van der Waals surface area (Å²) in [4.78, 5) is 26.6. The third-order valence-corrected chi connectivity index (χ3v) is 2.28. The van der Waals surface area contributed by atoms with Gasteiger partial charge in [-0.3, -0.25) is 0 Å². The molecule has 0 radical (unpaired) electrons. The molecule has 1 amide bonds. The van der Waals surface area contributed by atoms with Crippen LogP contribution >= 0.6 is 0 Å². The fourth-order valence-electron chi connectivity index (χ4n) is 1.44. The minimum atomic E-state index is -1.15. The van der Waals surface area contributed by atoms with E-state index >= 15 is 0 Å². The maximum absolute atomic E-state index is 11.6. The molecule has 0 saturated heterocycles. The zero-order valence-electron chi connectivity index (χ0n) is 11.7. The first-order chi connectivity index (χ1) is 9.17. The molecule has 0 aromatic carbocycles. The first-order valence-electron chi connectivity index (χ1n) is 6.10. The van der Waals surface area contributed by atoms with Crippen LogP contribution in [0, 0.1) is 0 Å². The summed E-state index contributed by atoms with van der Waals surface area (Å²) in [5.74, 6) is -0.798. The maximum Gasteiger partial charge on any atom is 0.408 e. The van der Waals surface area contributed by atoms with Crippen LogP contribution in [0.15, 0.2) is 18.3 Å². The van der Waals surface area contributed by atoms with Crippen LogP contribution in [0.5, 0.6) is 0 Å². The molecule has 0 spiro atoms. The highest BCUT2D eigenvalue weighted by atomic mass is 16.6. The molecule has 0 aliphatic carbocycles. The van der Waals surface area contributed by atoms with Crippen molar-refractivity contribution < 1.29 is 19.4 Å². The number of alkyl carbamates (subject to hydrolysis) is 1. The molecular weight excluding hydrogens is 262 g/mol. The van der Waals surface area contributed by atoms with Crippen LogP contribution in [0.4, 0.5) is 10.6 Å². The van der Waals surface area contributed by atoms with E-state index in [0.717, 1.165) is 0 Å². The Hall–Kier alpha value is -2.31. The zero-order chi connectivity index (χ0) is 15.3. The highest BCUT2D eigenvalue weighted by Gasteiger charge is 2.24. The average Bonchev–Trinajstić information content (AvgIpc) is 2.28. The molecule has 7 heteroatoms. The summed E-state index contributed by atoms with van der Waals surface area (Å²) in [6.45, 7) is 5.10. The molecule has 110 valence electrons. The normalized spacial score (nSPS) is 12.6. The molecule has 1 rings (SSSR count). The van der Waals surface area contributed by atoms with Crippen LogP contribution in [0.1, 0.15) is 26.3 Å². The molecular formula is C13H19N3O4. The fraction of sp³-hybridized carbons (Fsp3) is 0.462. The third kappa shape index (κ3) is 5.55. The van der Waals surface area contributed by atoms with Crippen molar-refractivity contribution in [3.8, 4) is 0 Å². The van der Waals surface area contributed by atoms with Crippen LogP contribution in [0.2, 0.25) is 0 Å². The number of nitrogens with two attached hydrogens (primary N) is 1. The number of ether oxygens (including phenoxy) is 1. The van der Waals surface area contributed by atoms with E-state index in [2.05, 4.69) is 10.3 Å². The number of carboxylic acids is 1. The minimum absolute atomic E-state index is 0.0991. The Morgan fingerprint density at radius 1 is 1.45 bits per heavy atom. The number of rotatable bonds is 4. The van der Waals surface area contributed by atoms with Gasteiger partial charge in [-0.1, -0.05) is 6.07 Å². The van der Waals surface area contributed by atoms with Gasteiger partial charge in [0.15, 0.2) is 0 Å². The Morgan fingerprint density at radius 2 is 2.10 bits per heavy atom. The molecule has 1 unspecified atom stereocenters. The lowest BCUT2D eigenvalue weighted by atomic mass is 10.1. The zero-order valence-corrected chi connectivity index (χ0v) is 11.7. The predicted octanol–water partition coefficient (Wildman–Crippen LogP) is 1.18. The lowest BCUT2D eigenvalue weighted by molar-refractivity contribution is -0.139. The van der Waals surface area contributed by atoms with Gasteiger partial charge in [0.25, 0.3) is 0 Å². The van der Waals surface area contributed by atoms with Crippen LogP contribution < -0.4 is 11.1 Å². The van der Waals surface area contributed by atoms with E-state index in [1.165, 1.54) is 6.20 Å². The topological polar surface area (TPSA) is 115 Å². The van der Waals surface area contributed by atoms with Crippen molar-refractivity contribution >= 4 is 17.9 Å². The SMILES string of the molecule is CC(C)(C)OC(=O)NC(Cc1ccc(N)nc1)C(=O)O. The van der Waals surface area contributed by atoms with Crippen molar-refractivity contribution in [1.29, 1.82) is 0 Å². The van der Waals surface area contributed by atoms with Crippen molar-refractivity contribution in [2.24, 2.45) is 0 Å². The highest BCUT2D eigenvalue weighted by molar-refractivity contribution is 5.80. The number of carbonyl (C=O) groups excluding carboxylic acids is 1. The second-order valence-corrected chi connectivity index (χ2v) is 5.33. The summed E-state index contributed by atoms with van der Waals surface area (Å²) in [6.07, 6.45) is 0.803. The van der Waals surface area contributed by atoms with Gasteiger partial charge in [-0.05, 0) is 32.4 Å². The van der Waals surface area contributed by atoms with Gasteiger partial charge in [-0.15, -0.1) is 0 Å².